The summed E-state index contributed by atoms with van der Waals surface area (Å²) >= 11 is 15.3. The van der Waals surface area contributed by atoms with E-state index in [0.717, 1.165) is 0 Å². The first-order valence-corrected chi connectivity index (χ1v) is 3.54. The molecule has 0 aliphatic rings. The van der Waals surface area contributed by atoms with Gasteiger partial charge >= 0.3 is 0 Å². The summed E-state index contributed by atoms with van der Waals surface area (Å²) in [7, 11) is 0. The van der Waals surface area contributed by atoms with Crippen LogP contribution in [0.2, 0.25) is 10.0 Å². The van der Waals surface area contributed by atoms with Crippen molar-refractivity contribution in [2.24, 2.45) is 0 Å². The van der Waals surface area contributed by atoms with Crippen molar-refractivity contribution in [2.75, 3.05) is 0 Å². The molecule has 0 atom stereocenters. The molecule has 0 fully saturated rings. The third-order valence-corrected chi connectivity index (χ3v) is 1.97. The molecule has 0 aliphatic heterocycles. The number of rotatable bonds is 0. The topological polar surface area (TPSA) is 0 Å². The Morgan fingerprint density at radius 1 is 1.20 bits per heavy atom. The number of benzene rings is 1. The van der Waals surface area contributed by atoms with Crippen LogP contribution in [0.15, 0.2) is 23.1 Å². The van der Waals surface area contributed by atoms with Crippen molar-refractivity contribution in [1.29, 1.82) is 0 Å². The third-order valence-electron chi connectivity index (χ3n) is 0.908. The van der Waals surface area contributed by atoms with E-state index in [1.165, 1.54) is 0 Å². The van der Waals surface area contributed by atoms with Gasteiger partial charge in [-0.25, -0.2) is 0 Å². The quantitative estimate of drug-likeness (QED) is 0.525. The van der Waals surface area contributed by atoms with Crippen molar-refractivity contribution in [2.45, 2.75) is 4.90 Å². The monoisotopic (exact) mass is 242 g/mol. The van der Waals surface area contributed by atoms with Crippen molar-refractivity contribution >= 4 is 35.8 Å². The standard InChI is InChI=1S/C6H4Cl2S.Zn/c7-4-1-2-5(8)6(9)3-4;/h1-3,9H;. The van der Waals surface area contributed by atoms with Crippen LogP contribution in [-0.4, -0.2) is 0 Å². The Bertz CT molecular complexity index is 227. The van der Waals surface area contributed by atoms with E-state index in [2.05, 4.69) is 12.6 Å². The normalized spacial score (nSPS) is 8.70. The third kappa shape index (κ3) is 2.79. The summed E-state index contributed by atoms with van der Waals surface area (Å²) < 4.78 is 0. The Kier molecular flexibility index (Phi) is 4.97. The first-order chi connectivity index (χ1) is 4.20. The zero-order valence-corrected chi connectivity index (χ0v) is 10.5. The maximum Gasteiger partial charge on any atom is 0.0540 e. The molecule has 0 saturated heterocycles. The molecule has 0 unspecified atom stereocenters. The summed E-state index contributed by atoms with van der Waals surface area (Å²) in [6.07, 6.45) is 0. The minimum Gasteiger partial charge on any atom is -0.142 e. The molecule has 0 bridgehead atoms. The van der Waals surface area contributed by atoms with E-state index >= 15 is 0 Å². The fraction of sp³-hybridized carbons (Fsp3) is 0. The Hall–Kier alpha value is 0.773. The van der Waals surface area contributed by atoms with Gasteiger partial charge in [-0.2, -0.15) is 0 Å². The minimum absolute atomic E-state index is 0. The molecule has 0 heterocycles. The second kappa shape index (κ2) is 4.61. The predicted octanol–water partition coefficient (Wildman–Crippen LogP) is 3.28. The van der Waals surface area contributed by atoms with Crippen LogP contribution in [0, 0.1) is 0 Å². The van der Waals surface area contributed by atoms with E-state index in [-0.39, 0.29) is 19.5 Å². The molecule has 1 rings (SSSR count). The maximum atomic E-state index is 5.65. The summed E-state index contributed by atoms with van der Waals surface area (Å²) in [5, 5.41) is 1.28. The smallest absolute Gasteiger partial charge is 0.0540 e. The number of halogens is 2. The summed E-state index contributed by atoms with van der Waals surface area (Å²) in [5.74, 6) is 0. The van der Waals surface area contributed by atoms with Crippen molar-refractivity contribution in [1.82, 2.24) is 0 Å². The van der Waals surface area contributed by atoms with Gasteiger partial charge in [-0.15, -0.1) is 12.6 Å². The average molecular weight is 244 g/mol. The van der Waals surface area contributed by atoms with Crippen LogP contribution in [-0.2, 0) is 19.5 Å². The predicted molar refractivity (Wildman–Crippen MR) is 43.7 cm³/mol. The van der Waals surface area contributed by atoms with E-state index in [4.69, 9.17) is 23.2 Å². The van der Waals surface area contributed by atoms with Crippen LogP contribution in [0.4, 0.5) is 0 Å². The van der Waals surface area contributed by atoms with Crippen molar-refractivity contribution in [3.05, 3.63) is 28.2 Å². The molecule has 0 N–H and O–H groups in total. The van der Waals surface area contributed by atoms with E-state index in [0.29, 0.717) is 14.9 Å². The zero-order valence-electron chi connectivity index (χ0n) is 5.14. The Labute approximate surface area is 88.1 Å². The molecular formula is C6H4Cl2SZn. The molecule has 4 heteroatoms. The van der Waals surface area contributed by atoms with Crippen LogP contribution in [0.1, 0.15) is 0 Å². The second-order valence-electron chi connectivity index (χ2n) is 1.60. The van der Waals surface area contributed by atoms with Crippen molar-refractivity contribution in [3.8, 4) is 0 Å². The first kappa shape index (κ1) is 10.8. The average Bonchev–Trinajstić information content (AvgIpc) is 1.80. The van der Waals surface area contributed by atoms with Crippen LogP contribution in [0.3, 0.4) is 0 Å². The summed E-state index contributed by atoms with van der Waals surface area (Å²) in [6.45, 7) is 0. The summed E-state index contributed by atoms with van der Waals surface area (Å²) in [6, 6.07) is 5.14. The van der Waals surface area contributed by atoms with Gasteiger partial charge in [-0.3, -0.25) is 0 Å². The van der Waals surface area contributed by atoms with Crippen LogP contribution >= 0.6 is 35.8 Å². The van der Waals surface area contributed by atoms with Crippen LogP contribution < -0.4 is 0 Å². The zero-order chi connectivity index (χ0) is 6.85. The van der Waals surface area contributed by atoms with E-state index < -0.39 is 0 Å². The number of thiol groups is 1. The molecular weight excluding hydrogens is 240 g/mol. The minimum atomic E-state index is 0. The Morgan fingerprint density at radius 3 is 2.20 bits per heavy atom. The van der Waals surface area contributed by atoms with Gasteiger partial charge < -0.3 is 0 Å². The van der Waals surface area contributed by atoms with Gasteiger partial charge in [0.1, 0.15) is 0 Å². The maximum absolute atomic E-state index is 5.65. The molecule has 0 aromatic heterocycles. The Morgan fingerprint density at radius 2 is 1.80 bits per heavy atom. The van der Waals surface area contributed by atoms with Gasteiger partial charge in [0.15, 0.2) is 0 Å². The SMILES string of the molecule is Sc1cc(Cl)ccc1Cl.[Zn]. The molecule has 0 nitrogen and oxygen atoms in total. The fourth-order valence-electron chi connectivity index (χ4n) is 0.486. The van der Waals surface area contributed by atoms with E-state index in [1.54, 1.807) is 18.2 Å². The second-order valence-corrected chi connectivity index (χ2v) is 2.92. The molecule has 0 aliphatic carbocycles. The number of hydrogen-bond acceptors (Lipinski definition) is 1. The van der Waals surface area contributed by atoms with E-state index in [1.807, 2.05) is 0 Å². The van der Waals surface area contributed by atoms with Gasteiger partial charge in [-0.1, -0.05) is 23.2 Å². The molecule has 0 spiro atoms. The van der Waals surface area contributed by atoms with Gasteiger partial charge in [0.25, 0.3) is 0 Å². The molecule has 10 heavy (non-hydrogen) atoms. The van der Waals surface area contributed by atoms with Gasteiger partial charge in [0, 0.05) is 29.4 Å². The molecule has 0 radical (unpaired) electrons. The number of hydrogen-bond donors (Lipinski definition) is 1. The Balaban J connectivity index is 0.000000810. The largest absolute Gasteiger partial charge is 0.142 e. The molecule has 50 valence electrons. The van der Waals surface area contributed by atoms with Gasteiger partial charge in [0.2, 0.25) is 0 Å². The van der Waals surface area contributed by atoms with E-state index in [9.17, 15) is 0 Å². The van der Waals surface area contributed by atoms with Crippen molar-refractivity contribution in [3.63, 3.8) is 0 Å². The first-order valence-electron chi connectivity index (χ1n) is 2.34. The molecule has 1 aromatic carbocycles. The molecule has 0 amide bonds. The summed E-state index contributed by atoms with van der Waals surface area (Å²) in [4.78, 5) is 0.712. The molecule has 0 saturated carbocycles. The van der Waals surface area contributed by atoms with Gasteiger partial charge in [-0.05, 0) is 18.2 Å². The summed E-state index contributed by atoms with van der Waals surface area (Å²) in [5.41, 5.74) is 0. The van der Waals surface area contributed by atoms with Crippen LogP contribution in [0.25, 0.3) is 0 Å². The molecule has 1 aromatic rings. The van der Waals surface area contributed by atoms with Gasteiger partial charge in [0.05, 0.1) is 5.02 Å². The fourth-order valence-corrected chi connectivity index (χ4v) is 1.07. The van der Waals surface area contributed by atoms with Crippen LogP contribution in [0.5, 0.6) is 0 Å². The van der Waals surface area contributed by atoms with Crippen molar-refractivity contribution < 1.29 is 19.5 Å².